The lowest BCUT2D eigenvalue weighted by atomic mass is 10.0. The van der Waals surface area contributed by atoms with Crippen molar-refractivity contribution >= 4 is 6.16 Å². The molecule has 0 fully saturated rings. The summed E-state index contributed by atoms with van der Waals surface area (Å²) in [6.07, 6.45) is 21.1. The van der Waals surface area contributed by atoms with Crippen LogP contribution in [0.15, 0.2) is 0 Å². The molecule has 26 heavy (non-hydrogen) atoms. The Bertz CT molecular complexity index is 289. The van der Waals surface area contributed by atoms with Crippen LogP contribution in [0.1, 0.15) is 124 Å². The van der Waals surface area contributed by atoms with Gasteiger partial charge in [-0.25, -0.2) is 4.79 Å². The van der Waals surface area contributed by atoms with Gasteiger partial charge in [0.1, 0.15) is 0 Å². The number of carbonyl (C=O) groups is 1. The van der Waals surface area contributed by atoms with Crippen molar-refractivity contribution in [2.45, 2.75) is 124 Å². The van der Waals surface area contributed by atoms with Gasteiger partial charge in [0, 0.05) is 0 Å². The van der Waals surface area contributed by atoms with Crippen LogP contribution in [0.2, 0.25) is 0 Å². The van der Waals surface area contributed by atoms with E-state index < -0.39 is 6.16 Å². The molecule has 0 aliphatic heterocycles. The topological polar surface area (TPSA) is 35.5 Å². The summed E-state index contributed by atoms with van der Waals surface area (Å²) in [7, 11) is 0. The van der Waals surface area contributed by atoms with Gasteiger partial charge < -0.3 is 9.47 Å². The Hall–Kier alpha value is -0.730. The van der Waals surface area contributed by atoms with Crippen molar-refractivity contribution in [3.05, 3.63) is 0 Å². The van der Waals surface area contributed by atoms with Crippen molar-refractivity contribution < 1.29 is 14.3 Å². The molecule has 3 heteroatoms. The number of ether oxygens (including phenoxy) is 2. The molecule has 0 atom stereocenters. The minimum absolute atomic E-state index is 0.359. The zero-order chi connectivity index (χ0) is 19.3. The highest BCUT2D eigenvalue weighted by Gasteiger charge is 2.04. The number of hydrogen-bond acceptors (Lipinski definition) is 3. The summed E-state index contributed by atoms with van der Waals surface area (Å²) < 4.78 is 10.0. The summed E-state index contributed by atoms with van der Waals surface area (Å²) in [5.74, 6) is 0.359. The first-order chi connectivity index (χ1) is 12.7. The fourth-order valence-corrected chi connectivity index (χ4v) is 3.08. The van der Waals surface area contributed by atoms with Crippen molar-refractivity contribution in [2.75, 3.05) is 13.2 Å². The number of unbranched alkanes of at least 4 members (excludes halogenated alkanes) is 15. The summed E-state index contributed by atoms with van der Waals surface area (Å²) >= 11 is 0. The Kier molecular flexibility index (Phi) is 20.0. The normalized spacial score (nSPS) is 11.1. The van der Waals surface area contributed by atoms with E-state index in [1.807, 2.05) is 13.8 Å². The third-order valence-corrected chi connectivity index (χ3v) is 4.75. The Balaban J connectivity index is 3.08. The zero-order valence-corrected chi connectivity index (χ0v) is 18.0. The predicted octanol–water partition coefficient (Wildman–Crippen LogP) is 8.06. The monoisotopic (exact) mass is 370 g/mol. The minimum atomic E-state index is -0.514. The van der Waals surface area contributed by atoms with Crippen LogP contribution in [0.3, 0.4) is 0 Å². The quantitative estimate of drug-likeness (QED) is 0.170. The van der Waals surface area contributed by atoms with Crippen molar-refractivity contribution in [3.63, 3.8) is 0 Å². The lowest BCUT2D eigenvalue weighted by molar-refractivity contribution is 0.0465. The molecule has 0 aromatic heterocycles. The van der Waals surface area contributed by atoms with Gasteiger partial charge in [0.15, 0.2) is 0 Å². The molecule has 0 N–H and O–H groups in total. The highest BCUT2D eigenvalue weighted by Crippen LogP contribution is 2.13. The molecule has 156 valence electrons. The second kappa shape index (κ2) is 20.6. The molecule has 0 aliphatic carbocycles. The molecule has 0 bridgehead atoms. The molecule has 0 unspecified atom stereocenters. The maximum Gasteiger partial charge on any atom is 0.508 e. The van der Waals surface area contributed by atoms with Crippen molar-refractivity contribution in [3.8, 4) is 0 Å². The second-order valence-corrected chi connectivity index (χ2v) is 8.11. The Morgan fingerprint density at radius 2 is 1.00 bits per heavy atom. The lowest BCUT2D eigenvalue weighted by Gasteiger charge is -2.07. The zero-order valence-electron chi connectivity index (χ0n) is 18.0. The average molecular weight is 371 g/mol. The molecule has 0 saturated heterocycles. The SMILES string of the molecule is CCCCCCCCCCCCCCCCCCOC(=O)OCC(C)C. The predicted molar refractivity (Wildman–Crippen MR) is 112 cm³/mol. The van der Waals surface area contributed by atoms with Crippen LogP contribution in [-0.2, 0) is 9.47 Å². The number of carbonyl (C=O) groups excluding carboxylic acids is 1. The van der Waals surface area contributed by atoms with E-state index in [1.165, 1.54) is 89.9 Å². The minimum Gasteiger partial charge on any atom is -0.434 e. The highest BCUT2D eigenvalue weighted by molar-refractivity contribution is 5.59. The first-order valence-corrected chi connectivity index (χ1v) is 11.5. The molecule has 0 aliphatic rings. The molecule has 0 radical (unpaired) electrons. The first-order valence-electron chi connectivity index (χ1n) is 11.5. The van der Waals surface area contributed by atoms with Crippen LogP contribution in [0.25, 0.3) is 0 Å². The highest BCUT2D eigenvalue weighted by atomic mass is 16.7. The van der Waals surface area contributed by atoms with Gasteiger partial charge >= 0.3 is 6.16 Å². The van der Waals surface area contributed by atoms with E-state index in [9.17, 15) is 4.79 Å². The van der Waals surface area contributed by atoms with E-state index in [-0.39, 0.29) is 0 Å². The van der Waals surface area contributed by atoms with Crippen LogP contribution in [0.5, 0.6) is 0 Å². The summed E-state index contributed by atoms with van der Waals surface area (Å²) in [5, 5.41) is 0. The van der Waals surface area contributed by atoms with Gasteiger partial charge in [-0.1, -0.05) is 117 Å². The van der Waals surface area contributed by atoms with Gasteiger partial charge in [-0.2, -0.15) is 0 Å². The lowest BCUT2D eigenvalue weighted by Crippen LogP contribution is -2.12. The van der Waals surface area contributed by atoms with Gasteiger partial charge in [0.25, 0.3) is 0 Å². The summed E-state index contributed by atoms with van der Waals surface area (Å²) in [6.45, 7) is 7.25. The van der Waals surface area contributed by atoms with Gasteiger partial charge in [-0.15, -0.1) is 0 Å². The second-order valence-electron chi connectivity index (χ2n) is 8.11. The largest absolute Gasteiger partial charge is 0.508 e. The molecule has 0 aromatic carbocycles. The summed E-state index contributed by atoms with van der Waals surface area (Å²) in [6, 6.07) is 0. The summed E-state index contributed by atoms with van der Waals surface area (Å²) in [5.41, 5.74) is 0. The van der Waals surface area contributed by atoms with E-state index in [0.717, 1.165) is 12.8 Å². The standard InChI is InChI=1S/C23H46O3/c1-4-5-6-7-8-9-10-11-12-13-14-15-16-17-18-19-20-25-23(24)26-21-22(2)3/h22H,4-21H2,1-3H3. The maximum atomic E-state index is 11.3. The molecular formula is C23H46O3. The first kappa shape index (κ1) is 25.3. The van der Waals surface area contributed by atoms with E-state index in [0.29, 0.717) is 19.1 Å². The van der Waals surface area contributed by atoms with E-state index in [2.05, 4.69) is 6.92 Å². The Morgan fingerprint density at radius 1 is 0.615 bits per heavy atom. The van der Waals surface area contributed by atoms with Gasteiger partial charge in [-0.3, -0.25) is 0 Å². The summed E-state index contributed by atoms with van der Waals surface area (Å²) in [4.78, 5) is 11.3. The number of rotatable bonds is 19. The fraction of sp³-hybridized carbons (Fsp3) is 0.957. The van der Waals surface area contributed by atoms with Crippen LogP contribution in [0, 0.1) is 5.92 Å². The molecule has 0 spiro atoms. The molecular weight excluding hydrogens is 324 g/mol. The Labute approximate surface area is 163 Å². The van der Waals surface area contributed by atoms with Gasteiger partial charge in [0.05, 0.1) is 13.2 Å². The van der Waals surface area contributed by atoms with Crippen LogP contribution in [-0.4, -0.2) is 19.4 Å². The van der Waals surface area contributed by atoms with Crippen LogP contribution >= 0.6 is 0 Å². The molecule has 0 saturated carbocycles. The fourth-order valence-electron chi connectivity index (χ4n) is 3.08. The third kappa shape index (κ3) is 21.3. The van der Waals surface area contributed by atoms with E-state index in [4.69, 9.17) is 9.47 Å². The molecule has 0 aromatic rings. The number of hydrogen-bond donors (Lipinski definition) is 0. The van der Waals surface area contributed by atoms with Crippen molar-refractivity contribution in [2.24, 2.45) is 5.92 Å². The van der Waals surface area contributed by atoms with Gasteiger partial charge in [-0.05, 0) is 12.3 Å². The van der Waals surface area contributed by atoms with Crippen LogP contribution in [0.4, 0.5) is 4.79 Å². The van der Waals surface area contributed by atoms with E-state index in [1.54, 1.807) is 0 Å². The van der Waals surface area contributed by atoms with E-state index >= 15 is 0 Å². The maximum absolute atomic E-state index is 11.3. The van der Waals surface area contributed by atoms with Gasteiger partial charge in [0.2, 0.25) is 0 Å². The molecule has 0 heterocycles. The van der Waals surface area contributed by atoms with Crippen LogP contribution < -0.4 is 0 Å². The third-order valence-electron chi connectivity index (χ3n) is 4.75. The molecule has 0 rings (SSSR count). The van der Waals surface area contributed by atoms with Crippen molar-refractivity contribution in [1.82, 2.24) is 0 Å². The molecule has 3 nitrogen and oxygen atoms in total. The Morgan fingerprint density at radius 3 is 1.38 bits per heavy atom. The smallest absolute Gasteiger partial charge is 0.434 e. The van der Waals surface area contributed by atoms with Crippen molar-refractivity contribution in [1.29, 1.82) is 0 Å². The molecule has 0 amide bonds. The average Bonchev–Trinajstić information content (AvgIpc) is 2.62.